The quantitative estimate of drug-likeness (QED) is 0.738. The number of hydrogen-bond acceptors (Lipinski definition) is 2. The minimum absolute atomic E-state index is 0.137. The molecule has 1 aromatic carbocycles. The summed E-state index contributed by atoms with van der Waals surface area (Å²) in [6, 6.07) is 6.82. The Hall–Kier alpha value is -1.35. The first kappa shape index (κ1) is 17.0. The normalized spacial score (nSPS) is 19.5. The molecule has 3 nitrogen and oxygen atoms in total. The smallest absolute Gasteiger partial charge is 0.251 e. The van der Waals surface area contributed by atoms with E-state index in [0.717, 1.165) is 32.2 Å². The predicted octanol–water partition coefficient (Wildman–Crippen LogP) is 4.17. The maximum Gasteiger partial charge on any atom is 0.251 e. The van der Waals surface area contributed by atoms with Crippen molar-refractivity contribution >= 4 is 5.91 Å². The van der Waals surface area contributed by atoms with Crippen LogP contribution in [0.2, 0.25) is 0 Å². The van der Waals surface area contributed by atoms with Gasteiger partial charge in [-0.15, -0.1) is 0 Å². The number of nitrogens with zero attached hydrogens (tertiary/aromatic N) is 1. The Bertz CT molecular complexity index is 492. The van der Waals surface area contributed by atoms with E-state index in [1.807, 2.05) is 11.8 Å². The molecule has 0 radical (unpaired) electrons. The number of rotatable bonds is 6. The van der Waals surface area contributed by atoms with Gasteiger partial charge in [0.2, 0.25) is 0 Å². The van der Waals surface area contributed by atoms with Crippen LogP contribution in [0.15, 0.2) is 18.2 Å². The highest BCUT2D eigenvalue weighted by molar-refractivity contribution is 5.81. The number of unbranched alkanes of at least 4 members (excludes halogenated alkanes) is 1. The average Bonchev–Trinajstić information content (AvgIpc) is 2.95. The molecule has 22 heavy (non-hydrogen) atoms. The first-order valence-corrected chi connectivity index (χ1v) is 8.53. The Morgan fingerprint density at radius 2 is 2.00 bits per heavy atom. The molecular formula is C19H29NO2. The zero-order valence-electron chi connectivity index (χ0n) is 14.4. The molecule has 122 valence electrons. The maximum atomic E-state index is 12.7. The van der Waals surface area contributed by atoms with Gasteiger partial charge in [0.1, 0.15) is 6.10 Å². The van der Waals surface area contributed by atoms with E-state index in [1.54, 1.807) is 0 Å². The van der Waals surface area contributed by atoms with Crippen LogP contribution in [-0.2, 0) is 9.53 Å². The van der Waals surface area contributed by atoms with Crippen molar-refractivity contribution in [3.63, 3.8) is 0 Å². The summed E-state index contributed by atoms with van der Waals surface area (Å²) in [5.41, 5.74) is 3.80. The molecule has 0 bridgehead atoms. The van der Waals surface area contributed by atoms with Gasteiger partial charge >= 0.3 is 0 Å². The van der Waals surface area contributed by atoms with Gasteiger partial charge in [-0.3, -0.25) is 4.79 Å². The second-order valence-electron chi connectivity index (χ2n) is 6.48. The number of hydrogen-bond donors (Lipinski definition) is 0. The van der Waals surface area contributed by atoms with Crippen molar-refractivity contribution in [2.75, 3.05) is 13.2 Å². The fourth-order valence-corrected chi connectivity index (χ4v) is 3.29. The highest BCUT2D eigenvalue weighted by Crippen LogP contribution is 2.33. The second kappa shape index (κ2) is 7.77. The SMILES string of the molecule is CCCCOC(C)C(=O)N1CCCC1c1cc(C)cc(C)c1. The maximum absolute atomic E-state index is 12.7. The lowest BCUT2D eigenvalue weighted by atomic mass is 9.99. The van der Waals surface area contributed by atoms with Crippen molar-refractivity contribution in [1.82, 2.24) is 4.90 Å². The van der Waals surface area contributed by atoms with E-state index < -0.39 is 0 Å². The summed E-state index contributed by atoms with van der Waals surface area (Å²) in [6.45, 7) is 9.77. The summed E-state index contributed by atoms with van der Waals surface area (Å²) in [7, 11) is 0. The summed E-state index contributed by atoms with van der Waals surface area (Å²) >= 11 is 0. The number of benzene rings is 1. The van der Waals surface area contributed by atoms with Gasteiger partial charge in [-0.1, -0.05) is 42.7 Å². The Morgan fingerprint density at radius 3 is 2.64 bits per heavy atom. The molecule has 0 spiro atoms. The second-order valence-corrected chi connectivity index (χ2v) is 6.48. The third-order valence-corrected chi connectivity index (χ3v) is 4.38. The van der Waals surface area contributed by atoms with Gasteiger partial charge < -0.3 is 9.64 Å². The summed E-state index contributed by atoms with van der Waals surface area (Å²) in [6.07, 6.45) is 3.90. The molecule has 0 aliphatic carbocycles. The number of likely N-dealkylation sites (tertiary alicyclic amines) is 1. The van der Waals surface area contributed by atoms with Crippen LogP contribution in [0.3, 0.4) is 0 Å². The lowest BCUT2D eigenvalue weighted by molar-refractivity contribution is -0.143. The summed E-state index contributed by atoms with van der Waals surface area (Å²) in [5.74, 6) is 0.137. The Kier molecular flexibility index (Phi) is 6.01. The number of carbonyl (C=O) groups excluding carboxylic acids is 1. The van der Waals surface area contributed by atoms with E-state index in [1.165, 1.54) is 16.7 Å². The standard InChI is InChI=1S/C19H29NO2/c1-5-6-10-22-16(4)19(21)20-9-7-8-18(20)17-12-14(2)11-15(3)13-17/h11-13,16,18H,5-10H2,1-4H3. The van der Waals surface area contributed by atoms with Gasteiger partial charge in [0.15, 0.2) is 0 Å². The summed E-state index contributed by atoms with van der Waals surface area (Å²) in [5, 5.41) is 0. The van der Waals surface area contributed by atoms with E-state index in [-0.39, 0.29) is 18.1 Å². The van der Waals surface area contributed by atoms with E-state index in [4.69, 9.17) is 4.74 Å². The number of aryl methyl sites for hydroxylation is 2. The average molecular weight is 303 g/mol. The van der Waals surface area contributed by atoms with Gasteiger partial charge in [-0.05, 0) is 45.6 Å². The van der Waals surface area contributed by atoms with Crippen molar-refractivity contribution in [3.05, 3.63) is 34.9 Å². The van der Waals surface area contributed by atoms with Crippen LogP contribution in [0.25, 0.3) is 0 Å². The van der Waals surface area contributed by atoms with E-state index >= 15 is 0 Å². The monoisotopic (exact) mass is 303 g/mol. The minimum atomic E-state index is -0.335. The van der Waals surface area contributed by atoms with Crippen molar-refractivity contribution < 1.29 is 9.53 Å². The molecule has 1 amide bonds. The van der Waals surface area contributed by atoms with Crippen LogP contribution >= 0.6 is 0 Å². The minimum Gasteiger partial charge on any atom is -0.369 e. The molecular weight excluding hydrogens is 274 g/mol. The zero-order valence-corrected chi connectivity index (χ0v) is 14.4. The van der Waals surface area contributed by atoms with Crippen LogP contribution < -0.4 is 0 Å². The number of amides is 1. The molecule has 1 fully saturated rings. The lowest BCUT2D eigenvalue weighted by Gasteiger charge is -2.28. The molecule has 0 aromatic heterocycles. The highest BCUT2D eigenvalue weighted by atomic mass is 16.5. The molecule has 1 aliphatic rings. The van der Waals surface area contributed by atoms with Crippen LogP contribution in [0.5, 0.6) is 0 Å². The van der Waals surface area contributed by atoms with E-state index in [2.05, 4.69) is 39.0 Å². The molecule has 0 saturated carbocycles. The van der Waals surface area contributed by atoms with Crippen LogP contribution in [0.1, 0.15) is 62.3 Å². The van der Waals surface area contributed by atoms with E-state index in [0.29, 0.717) is 6.61 Å². The predicted molar refractivity (Wildman–Crippen MR) is 89.9 cm³/mol. The molecule has 1 aromatic rings. The molecule has 1 heterocycles. The van der Waals surface area contributed by atoms with Gasteiger partial charge in [-0.2, -0.15) is 0 Å². The van der Waals surface area contributed by atoms with Crippen LogP contribution in [0.4, 0.5) is 0 Å². The molecule has 1 saturated heterocycles. The molecule has 1 aliphatic heterocycles. The fourth-order valence-electron chi connectivity index (χ4n) is 3.29. The van der Waals surface area contributed by atoms with Gasteiger partial charge in [0.05, 0.1) is 6.04 Å². The van der Waals surface area contributed by atoms with Crippen LogP contribution in [-0.4, -0.2) is 30.1 Å². The number of carbonyl (C=O) groups is 1. The molecule has 2 unspecified atom stereocenters. The third-order valence-electron chi connectivity index (χ3n) is 4.38. The van der Waals surface area contributed by atoms with Gasteiger partial charge in [0.25, 0.3) is 5.91 Å². The van der Waals surface area contributed by atoms with Gasteiger partial charge in [0, 0.05) is 13.2 Å². The van der Waals surface area contributed by atoms with E-state index in [9.17, 15) is 4.79 Å². The molecule has 2 rings (SSSR count). The summed E-state index contributed by atoms with van der Waals surface area (Å²) in [4.78, 5) is 14.7. The Morgan fingerprint density at radius 1 is 1.32 bits per heavy atom. The van der Waals surface area contributed by atoms with Gasteiger partial charge in [-0.25, -0.2) is 0 Å². The number of ether oxygens (including phenoxy) is 1. The summed E-state index contributed by atoms with van der Waals surface area (Å²) < 4.78 is 5.70. The molecule has 0 N–H and O–H groups in total. The molecule has 2 atom stereocenters. The third kappa shape index (κ3) is 4.10. The first-order valence-electron chi connectivity index (χ1n) is 8.53. The van der Waals surface area contributed by atoms with Crippen molar-refractivity contribution in [2.24, 2.45) is 0 Å². The van der Waals surface area contributed by atoms with Crippen molar-refractivity contribution in [1.29, 1.82) is 0 Å². The van der Waals surface area contributed by atoms with Crippen molar-refractivity contribution in [3.8, 4) is 0 Å². The highest BCUT2D eigenvalue weighted by Gasteiger charge is 2.32. The first-order chi connectivity index (χ1) is 10.5. The largest absolute Gasteiger partial charge is 0.369 e. The van der Waals surface area contributed by atoms with Crippen LogP contribution in [0, 0.1) is 13.8 Å². The zero-order chi connectivity index (χ0) is 16.1. The Labute approximate surface area is 134 Å². The fraction of sp³-hybridized carbons (Fsp3) is 0.632. The lowest BCUT2D eigenvalue weighted by Crippen LogP contribution is -2.38. The topological polar surface area (TPSA) is 29.5 Å². The Balaban J connectivity index is 2.07. The molecule has 3 heteroatoms. The van der Waals surface area contributed by atoms with Crippen molar-refractivity contribution in [2.45, 2.75) is 65.5 Å².